The van der Waals surface area contributed by atoms with Crippen LogP contribution in [0.1, 0.15) is 31.9 Å². The van der Waals surface area contributed by atoms with Crippen LogP contribution in [0.5, 0.6) is 0 Å². The van der Waals surface area contributed by atoms with Crippen LogP contribution >= 0.6 is 0 Å². The van der Waals surface area contributed by atoms with Gasteiger partial charge in [0.25, 0.3) is 0 Å². The highest BCUT2D eigenvalue weighted by Crippen LogP contribution is 2.13. The number of ether oxygens (including phenoxy) is 1. The average Bonchev–Trinajstić information content (AvgIpc) is 2.33. The van der Waals surface area contributed by atoms with E-state index in [1.807, 2.05) is 52.0 Å². The molecular weight excluding hydrogens is 252 g/mol. The lowest BCUT2D eigenvalue weighted by molar-refractivity contribution is 0.0304. The van der Waals surface area contributed by atoms with Gasteiger partial charge in [0.05, 0.1) is 6.21 Å². The van der Waals surface area contributed by atoms with Gasteiger partial charge in [0.1, 0.15) is 5.60 Å². The third-order valence-electron chi connectivity index (χ3n) is 2.43. The molecule has 1 rings (SSSR count). The van der Waals surface area contributed by atoms with Gasteiger partial charge >= 0.3 is 6.09 Å². The highest BCUT2D eigenvalue weighted by atomic mass is 16.6. The molecule has 0 spiro atoms. The van der Waals surface area contributed by atoms with Gasteiger partial charge in [0, 0.05) is 7.05 Å². The first-order valence-corrected chi connectivity index (χ1v) is 6.45. The number of amides is 1. The minimum atomic E-state index is -0.533. The van der Waals surface area contributed by atoms with Gasteiger partial charge in [0.15, 0.2) is 0 Å². The molecule has 0 aromatic heterocycles. The molecule has 1 aromatic carbocycles. The number of carbonyl (C=O) groups is 1. The first-order chi connectivity index (χ1) is 9.19. The second-order valence-corrected chi connectivity index (χ2v) is 5.64. The van der Waals surface area contributed by atoms with Crippen molar-refractivity contribution in [2.75, 3.05) is 7.05 Å². The van der Waals surface area contributed by atoms with Gasteiger partial charge in [-0.1, -0.05) is 36.4 Å². The van der Waals surface area contributed by atoms with Gasteiger partial charge in [-0.05, 0) is 38.8 Å². The number of rotatable bonds is 3. The largest absolute Gasteiger partial charge is 0.442 e. The molecule has 4 heteroatoms. The Hall–Kier alpha value is -2.10. The van der Waals surface area contributed by atoms with E-state index < -0.39 is 11.7 Å². The molecule has 0 N–H and O–H groups in total. The summed E-state index contributed by atoms with van der Waals surface area (Å²) in [5.41, 5.74) is 2.34. The Morgan fingerprint density at radius 3 is 2.60 bits per heavy atom. The summed E-state index contributed by atoms with van der Waals surface area (Å²) in [6.45, 7) is 11.4. The zero-order valence-corrected chi connectivity index (χ0v) is 12.8. The second-order valence-electron chi connectivity index (χ2n) is 5.64. The molecule has 0 fully saturated rings. The molecule has 0 atom stereocenters. The Balaban J connectivity index is 2.68. The Morgan fingerprint density at radius 1 is 1.40 bits per heavy atom. The molecule has 0 saturated heterocycles. The Labute approximate surface area is 120 Å². The fourth-order valence-corrected chi connectivity index (χ4v) is 1.45. The van der Waals surface area contributed by atoms with Gasteiger partial charge in [-0.2, -0.15) is 5.10 Å². The first-order valence-electron chi connectivity index (χ1n) is 6.45. The zero-order chi connectivity index (χ0) is 15.3. The van der Waals surface area contributed by atoms with Crippen molar-refractivity contribution < 1.29 is 9.53 Å². The van der Waals surface area contributed by atoms with E-state index in [1.165, 1.54) is 0 Å². The van der Waals surface area contributed by atoms with Crippen LogP contribution in [0.3, 0.4) is 0 Å². The molecule has 0 radical (unpaired) electrons. The maximum absolute atomic E-state index is 11.7. The van der Waals surface area contributed by atoms with Crippen LogP contribution in [0, 0.1) is 6.92 Å². The second kappa shape index (κ2) is 6.37. The Morgan fingerprint density at radius 2 is 2.05 bits per heavy atom. The Kier molecular flexibility index (Phi) is 5.08. The number of benzene rings is 1. The van der Waals surface area contributed by atoms with E-state index in [-0.39, 0.29) is 0 Å². The molecule has 0 unspecified atom stereocenters. The van der Waals surface area contributed by atoms with Gasteiger partial charge in [0.2, 0.25) is 0 Å². The number of allylic oxidation sites excluding steroid dienone is 1. The highest BCUT2D eigenvalue weighted by molar-refractivity contribution is 6.08. The SMILES string of the molecule is C=C(/C=N\N(C)C(=O)OC(C)(C)C)c1cccc(C)c1. The van der Waals surface area contributed by atoms with E-state index in [2.05, 4.69) is 11.7 Å². The quantitative estimate of drug-likeness (QED) is 0.620. The highest BCUT2D eigenvalue weighted by Gasteiger charge is 2.18. The number of carbonyl (C=O) groups excluding carboxylic acids is 1. The maximum atomic E-state index is 11.7. The van der Waals surface area contributed by atoms with Crippen molar-refractivity contribution in [3.8, 4) is 0 Å². The summed E-state index contributed by atoms with van der Waals surface area (Å²) in [7, 11) is 1.55. The zero-order valence-electron chi connectivity index (χ0n) is 12.8. The third-order valence-corrected chi connectivity index (χ3v) is 2.43. The summed E-state index contributed by atoms with van der Waals surface area (Å²) in [6.07, 6.45) is 1.06. The van der Waals surface area contributed by atoms with Crippen molar-refractivity contribution in [3.05, 3.63) is 42.0 Å². The van der Waals surface area contributed by atoms with Gasteiger partial charge in [-0.25, -0.2) is 9.80 Å². The number of nitrogens with zero attached hydrogens (tertiary/aromatic N) is 2. The van der Waals surface area contributed by atoms with Gasteiger partial charge in [-0.15, -0.1) is 0 Å². The van der Waals surface area contributed by atoms with E-state index in [0.29, 0.717) is 0 Å². The van der Waals surface area contributed by atoms with Crippen LogP contribution in [-0.2, 0) is 4.74 Å². The van der Waals surface area contributed by atoms with Crippen molar-refractivity contribution in [1.82, 2.24) is 5.01 Å². The van der Waals surface area contributed by atoms with Crippen LogP contribution in [0.15, 0.2) is 35.9 Å². The molecule has 0 aliphatic carbocycles. The summed E-state index contributed by atoms with van der Waals surface area (Å²) in [5, 5.41) is 5.21. The van der Waals surface area contributed by atoms with Crippen molar-refractivity contribution in [3.63, 3.8) is 0 Å². The normalized spacial score (nSPS) is 11.4. The average molecular weight is 274 g/mol. The lowest BCUT2D eigenvalue weighted by Crippen LogP contribution is -2.31. The monoisotopic (exact) mass is 274 g/mol. The molecule has 20 heavy (non-hydrogen) atoms. The predicted molar refractivity (Wildman–Crippen MR) is 82.7 cm³/mol. The van der Waals surface area contributed by atoms with E-state index in [0.717, 1.165) is 21.7 Å². The summed E-state index contributed by atoms with van der Waals surface area (Å²) in [4.78, 5) is 11.7. The van der Waals surface area contributed by atoms with E-state index >= 15 is 0 Å². The summed E-state index contributed by atoms with van der Waals surface area (Å²) in [6, 6.07) is 7.94. The number of hydrazone groups is 1. The molecule has 108 valence electrons. The van der Waals surface area contributed by atoms with E-state index in [4.69, 9.17) is 4.74 Å². The molecule has 0 heterocycles. The topological polar surface area (TPSA) is 41.9 Å². The van der Waals surface area contributed by atoms with Crippen LogP contribution in [0.4, 0.5) is 4.79 Å². The molecule has 0 bridgehead atoms. The standard InChI is InChI=1S/C16H22N2O2/c1-12-8-7-9-14(10-12)13(2)11-17-18(6)15(19)20-16(3,4)5/h7-11H,2H2,1,3-6H3/b17-11-. The molecule has 0 aliphatic rings. The number of hydrogen-bond acceptors (Lipinski definition) is 3. The first kappa shape index (κ1) is 16.0. The fourth-order valence-electron chi connectivity index (χ4n) is 1.45. The Bertz CT molecular complexity index is 528. The third kappa shape index (κ3) is 5.26. The minimum Gasteiger partial charge on any atom is -0.442 e. The number of hydrogen-bond donors (Lipinski definition) is 0. The smallest absolute Gasteiger partial charge is 0.430 e. The summed E-state index contributed by atoms with van der Waals surface area (Å²) >= 11 is 0. The summed E-state index contributed by atoms with van der Waals surface area (Å²) in [5.74, 6) is 0. The van der Waals surface area contributed by atoms with Gasteiger partial charge < -0.3 is 4.74 Å². The summed E-state index contributed by atoms with van der Waals surface area (Å²) < 4.78 is 5.20. The molecule has 0 aliphatic heterocycles. The van der Waals surface area contributed by atoms with Crippen molar-refractivity contribution in [2.24, 2.45) is 5.10 Å². The lowest BCUT2D eigenvalue weighted by Gasteiger charge is -2.22. The van der Waals surface area contributed by atoms with Crippen molar-refractivity contribution in [1.29, 1.82) is 0 Å². The van der Waals surface area contributed by atoms with Crippen LogP contribution in [0.2, 0.25) is 0 Å². The van der Waals surface area contributed by atoms with Gasteiger partial charge in [-0.3, -0.25) is 0 Å². The predicted octanol–water partition coefficient (Wildman–Crippen LogP) is 3.86. The van der Waals surface area contributed by atoms with Crippen LogP contribution in [-0.4, -0.2) is 30.0 Å². The van der Waals surface area contributed by atoms with Crippen molar-refractivity contribution >= 4 is 17.9 Å². The molecule has 4 nitrogen and oxygen atoms in total. The van der Waals surface area contributed by atoms with Crippen LogP contribution < -0.4 is 0 Å². The van der Waals surface area contributed by atoms with E-state index in [1.54, 1.807) is 13.3 Å². The lowest BCUT2D eigenvalue weighted by atomic mass is 10.1. The van der Waals surface area contributed by atoms with Crippen molar-refractivity contribution in [2.45, 2.75) is 33.3 Å². The maximum Gasteiger partial charge on any atom is 0.430 e. The fraction of sp³-hybridized carbons (Fsp3) is 0.375. The number of aryl methyl sites for hydroxylation is 1. The molecular formula is C16H22N2O2. The molecule has 1 aromatic rings. The minimum absolute atomic E-state index is 0.495. The molecule has 0 saturated carbocycles. The van der Waals surface area contributed by atoms with Crippen LogP contribution in [0.25, 0.3) is 5.57 Å². The van der Waals surface area contributed by atoms with E-state index in [9.17, 15) is 4.79 Å². The molecule has 1 amide bonds.